The van der Waals surface area contributed by atoms with Gasteiger partial charge in [-0.3, -0.25) is 9.69 Å². The molecular formula is C20H28N2O. The molecule has 0 bridgehead atoms. The van der Waals surface area contributed by atoms with Crippen LogP contribution in [0.2, 0.25) is 0 Å². The number of carbonyl (C=O) groups is 1. The fraction of sp³-hybridized carbons (Fsp3) is 0.550. The highest BCUT2D eigenvalue weighted by atomic mass is 16.1. The maximum atomic E-state index is 12.5. The van der Waals surface area contributed by atoms with Crippen molar-refractivity contribution in [2.75, 3.05) is 19.6 Å². The van der Waals surface area contributed by atoms with Crippen molar-refractivity contribution in [1.82, 2.24) is 10.2 Å². The SMILES string of the molecule is C#CCN1CCC(C(=O)NC(C)c2ccc(C(C)C)cc2)CC1. The maximum Gasteiger partial charge on any atom is 0.223 e. The normalized spacial score (nSPS) is 17.7. The highest BCUT2D eigenvalue weighted by Gasteiger charge is 2.25. The van der Waals surface area contributed by atoms with E-state index >= 15 is 0 Å². The smallest absolute Gasteiger partial charge is 0.223 e. The first-order valence-electron chi connectivity index (χ1n) is 8.57. The van der Waals surface area contributed by atoms with Gasteiger partial charge in [-0.25, -0.2) is 0 Å². The fourth-order valence-electron chi connectivity index (χ4n) is 3.07. The molecule has 1 aromatic carbocycles. The second-order valence-corrected chi connectivity index (χ2v) is 6.81. The Kier molecular flexibility index (Phi) is 6.24. The number of terminal acetylenes is 1. The molecule has 0 spiro atoms. The predicted octanol–water partition coefficient (Wildman–Crippen LogP) is 3.33. The third kappa shape index (κ3) is 4.84. The van der Waals surface area contributed by atoms with Crippen LogP contribution in [0.25, 0.3) is 0 Å². The summed E-state index contributed by atoms with van der Waals surface area (Å²) in [4.78, 5) is 14.7. The first kappa shape index (κ1) is 17.6. The highest BCUT2D eigenvalue weighted by Crippen LogP contribution is 2.21. The predicted molar refractivity (Wildman–Crippen MR) is 95.1 cm³/mol. The molecule has 1 heterocycles. The summed E-state index contributed by atoms with van der Waals surface area (Å²) in [5, 5.41) is 3.16. The molecule has 1 unspecified atom stereocenters. The van der Waals surface area contributed by atoms with Crippen molar-refractivity contribution >= 4 is 5.91 Å². The van der Waals surface area contributed by atoms with Crippen molar-refractivity contribution in [1.29, 1.82) is 0 Å². The Hall–Kier alpha value is -1.79. The molecule has 1 fully saturated rings. The topological polar surface area (TPSA) is 32.3 Å². The largest absolute Gasteiger partial charge is 0.349 e. The van der Waals surface area contributed by atoms with Gasteiger partial charge in [0.25, 0.3) is 0 Å². The summed E-state index contributed by atoms with van der Waals surface area (Å²) in [6, 6.07) is 8.60. The molecule has 1 atom stereocenters. The van der Waals surface area contributed by atoms with Crippen LogP contribution in [0.1, 0.15) is 56.7 Å². The van der Waals surface area contributed by atoms with Crippen LogP contribution in [0.15, 0.2) is 24.3 Å². The van der Waals surface area contributed by atoms with E-state index in [1.807, 2.05) is 0 Å². The molecule has 1 aliphatic heterocycles. The molecule has 1 N–H and O–H groups in total. The molecule has 1 aliphatic rings. The first-order chi connectivity index (χ1) is 11.0. The number of piperidine rings is 1. The lowest BCUT2D eigenvalue weighted by Crippen LogP contribution is -2.41. The second-order valence-electron chi connectivity index (χ2n) is 6.81. The van der Waals surface area contributed by atoms with E-state index in [-0.39, 0.29) is 17.9 Å². The molecule has 1 amide bonds. The number of rotatable bonds is 5. The molecule has 124 valence electrons. The molecule has 0 radical (unpaired) electrons. The lowest BCUT2D eigenvalue weighted by Gasteiger charge is -2.30. The number of nitrogens with one attached hydrogen (secondary N) is 1. The Labute approximate surface area is 140 Å². The van der Waals surface area contributed by atoms with E-state index < -0.39 is 0 Å². The third-order valence-electron chi connectivity index (χ3n) is 4.74. The summed E-state index contributed by atoms with van der Waals surface area (Å²) in [6.45, 7) is 8.95. The number of carbonyl (C=O) groups excluding carboxylic acids is 1. The standard InChI is InChI=1S/C20H28N2O/c1-5-12-22-13-10-19(11-14-22)20(23)21-16(4)18-8-6-17(7-9-18)15(2)3/h1,6-9,15-16,19H,10-14H2,2-4H3,(H,21,23). The molecule has 23 heavy (non-hydrogen) atoms. The van der Waals surface area contributed by atoms with Gasteiger partial charge in [0.1, 0.15) is 0 Å². The van der Waals surface area contributed by atoms with Crippen molar-refractivity contribution in [3.05, 3.63) is 35.4 Å². The van der Waals surface area contributed by atoms with Gasteiger partial charge in [-0.1, -0.05) is 44.0 Å². The lowest BCUT2D eigenvalue weighted by molar-refractivity contribution is -0.127. The molecule has 3 heteroatoms. The van der Waals surface area contributed by atoms with Crippen molar-refractivity contribution in [3.63, 3.8) is 0 Å². The molecule has 0 aromatic heterocycles. The maximum absolute atomic E-state index is 12.5. The van der Waals surface area contributed by atoms with Crippen LogP contribution >= 0.6 is 0 Å². The Balaban J connectivity index is 1.86. The van der Waals surface area contributed by atoms with Crippen LogP contribution < -0.4 is 5.32 Å². The zero-order valence-corrected chi connectivity index (χ0v) is 14.5. The lowest BCUT2D eigenvalue weighted by atomic mass is 9.95. The number of nitrogens with zero attached hydrogens (tertiary/aromatic N) is 1. The van der Waals surface area contributed by atoms with Gasteiger partial charge in [-0.05, 0) is 49.9 Å². The zero-order chi connectivity index (χ0) is 16.8. The van der Waals surface area contributed by atoms with Gasteiger partial charge in [0.05, 0.1) is 12.6 Å². The molecule has 0 saturated carbocycles. The van der Waals surface area contributed by atoms with Crippen LogP contribution in [0, 0.1) is 18.3 Å². The summed E-state index contributed by atoms with van der Waals surface area (Å²) in [7, 11) is 0. The van der Waals surface area contributed by atoms with Crippen LogP contribution in [0.3, 0.4) is 0 Å². The minimum atomic E-state index is 0.0486. The van der Waals surface area contributed by atoms with E-state index in [2.05, 4.69) is 61.2 Å². The van der Waals surface area contributed by atoms with Crippen LogP contribution in [-0.2, 0) is 4.79 Å². The van der Waals surface area contributed by atoms with E-state index in [9.17, 15) is 4.79 Å². The third-order valence-corrected chi connectivity index (χ3v) is 4.74. The fourth-order valence-corrected chi connectivity index (χ4v) is 3.07. The Bertz CT molecular complexity index is 548. The van der Waals surface area contributed by atoms with E-state index in [1.165, 1.54) is 5.56 Å². The number of benzene rings is 1. The number of hydrogen-bond donors (Lipinski definition) is 1. The molecular weight excluding hydrogens is 284 g/mol. The summed E-state index contributed by atoms with van der Waals surface area (Å²) in [6.07, 6.45) is 7.13. The molecule has 3 nitrogen and oxygen atoms in total. The van der Waals surface area contributed by atoms with Crippen LogP contribution in [-0.4, -0.2) is 30.4 Å². The van der Waals surface area contributed by atoms with Gasteiger partial charge >= 0.3 is 0 Å². The van der Waals surface area contributed by atoms with Crippen molar-refractivity contribution in [2.45, 2.75) is 45.6 Å². The molecule has 0 aliphatic carbocycles. The number of hydrogen-bond acceptors (Lipinski definition) is 2. The van der Waals surface area contributed by atoms with E-state index in [0.717, 1.165) is 31.5 Å². The summed E-state index contributed by atoms with van der Waals surface area (Å²) < 4.78 is 0. The van der Waals surface area contributed by atoms with Crippen molar-refractivity contribution in [3.8, 4) is 12.3 Å². The van der Waals surface area contributed by atoms with Crippen molar-refractivity contribution < 1.29 is 4.79 Å². The van der Waals surface area contributed by atoms with E-state index in [4.69, 9.17) is 6.42 Å². The van der Waals surface area contributed by atoms with Crippen molar-refractivity contribution in [2.24, 2.45) is 5.92 Å². The highest BCUT2D eigenvalue weighted by molar-refractivity contribution is 5.79. The average Bonchev–Trinajstić information content (AvgIpc) is 2.55. The number of amides is 1. The van der Waals surface area contributed by atoms with Gasteiger partial charge in [-0.2, -0.15) is 0 Å². The van der Waals surface area contributed by atoms with E-state index in [1.54, 1.807) is 0 Å². The Morgan fingerprint density at radius 3 is 2.30 bits per heavy atom. The second kappa shape index (κ2) is 8.17. The molecule has 1 saturated heterocycles. The monoisotopic (exact) mass is 312 g/mol. The van der Waals surface area contributed by atoms with Gasteiger partial charge in [0.2, 0.25) is 5.91 Å². The van der Waals surface area contributed by atoms with Crippen LogP contribution in [0.5, 0.6) is 0 Å². The van der Waals surface area contributed by atoms with Gasteiger partial charge in [-0.15, -0.1) is 6.42 Å². The average molecular weight is 312 g/mol. The summed E-state index contributed by atoms with van der Waals surface area (Å²) >= 11 is 0. The van der Waals surface area contributed by atoms with Gasteiger partial charge < -0.3 is 5.32 Å². The van der Waals surface area contributed by atoms with Gasteiger partial charge in [0, 0.05) is 5.92 Å². The van der Waals surface area contributed by atoms with Gasteiger partial charge in [0.15, 0.2) is 0 Å². The quantitative estimate of drug-likeness (QED) is 0.846. The summed E-state index contributed by atoms with van der Waals surface area (Å²) in [5.41, 5.74) is 2.49. The summed E-state index contributed by atoms with van der Waals surface area (Å²) in [5.74, 6) is 3.49. The van der Waals surface area contributed by atoms with Crippen LogP contribution in [0.4, 0.5) is 0 Å². The molecule has 1 aromatic rings. The minimum absolute atomic E-state index is 0.0486. The Morgan fingerprint density at radius 1 is 1.22 bits per heavy atom. The van der Waals surface area contributed by atoms with E-state index in [0.29, 0.717) is 12.5 Å². The zero-order valence-electron chi connectivity index (χ0n) is 14.5. The minimum Gasteiger partial charge on any atom is -0.349 e. The first-order valence-corrected chi connectivity index (χ1v) is 8.57. The number of likely N-dealkylation sites (tertiary alicyclic amines) is 1. The Morgan fingerprint density at radius 2 is 1.78 bits per heavy atom. The molecule has 2 rings (SSSR count).